The lowest BCUT2D eigenvalue weighted by Gasteiger charge is -2.36. The van der Waals surface area contributed by atoms with Gasteiger partial charge in [0.15, 0.2) is 0 Å². The second-order valence-corrected chi connectivity index (χ2v) is 4.67. The van der Waals surface area contributed by atoms with E-state index in [1.165, 1.54) is 0 Å². The van der Waals surface area contributed by atoms with Crippen molar-refractivity contribution in [2.75, 3.05) is 25.0 Å². The highest BCUT2D eigenvalue weighted by Gasteiger charge is 2.23. The lowest BCUT2D eigenvalue weighted by atomic mass is 10.1. The zero-order chi connectivity index (χ0) is 10.1. The van der Waals surface area contributed by atoms with E-state index in [9.17, 15) is 0 Å². The lowest BCUT2D eigenvalue weighted by Crippen LogP contribution is -2.56. The largest absolute Gasteiger partial charge is 0.353 e. The highest BCUT2D eigenvalue weighted by Crippen LogP contribution is 2.27. The van der Waals surface area contributed by atoms with Crippen LogP contribution in [0.4, 0.5) is 5.82 Å². The Bertz CT molecular complexity index is 341. The summed E-state index contributed by atoms with van der Waals surface area (Å²) >= 11 is 9.29. The molecule has 76 valence electrons. The first-order valence-corrected chi connectivity index (χ1v) is 5.60. The molecule has 0 saturated carbocycles. The topological polar surface area (TPSA) is 28.2 Å². The normalized spacial score (nSPS) is 16.5. The molecule has 0 unspecified atom stereocenters. The van der Waals surface area contributed by atoms with Crippen molar-refractivity contribution in [2.24, 2.45) is 0 Å². The molecule has 1 fully saturated rings. The van der Waals surface area contributed by atoms with Gasteiger partial charge in [0.1, 0.15) is 5.82 Å². The van der Waals surface area contributed by atoms with Crippen LogP contribution in [0.5, 0.6) is 0 Å². The highest BCUT2D eigenvalue weighted by molar-refractivity contribution is 9.10. The SMILES string of the molecule is CN(c1ncc(Cl)cc1Br)C1CNC1. The van der Waals surface area contributed by atoms with Gasteiger partial charge in [-0.2, -0.15) is 0 Å². The van der Waals surface area contributed by atoms with Crippen LogP contribution in [0.25, 0.3) is 0 Å². The minimum atomic E-state index is 0.542. The first kappa shape index (κ1) is 10.2. The molecule has 1 N–H and O–H groups in total. The summed E-state index contributed by atoms with van der Waals surface area (Å²) in [6.45, 7) is 2.04. The molecule has 0 aromatic carbocycles. The molecule has 0 amide bonds. The van der Waals surface area contributed by atoms with Gasteiger partial charge in [-0.15, -0.1) is 0 Å². The molecule has 14 heavy (non-hydrogen) atoms. The average molecular weight is 277 g/mol. The quantitative estimate of drug-likeness (QED) is 0.894. The fourth-order valence-corrected chi connectivity index (χ4v) is 2.31. The van der Waals surface area contributed by atoms with Gasteiger partial charge in [0, 0.05) is 26.3 Å². The number of hydrogen-bond donors (Lipinski definition) is 1. The molecule has 0 bridgehead atoms. The molecule has 2 rings (SSSR count). The van der Waals surface area contributed by atoms with E-state index >= 15 is 0 Å². The van der Waals surface area contributed by atoms with Gasteiger partial charge in [-0.25, -0.2) is 4.98 Å². The molecule has 1 aromatic heterocycles. The molecule has 1 aliphatic heterocycles. The first-order chi connectivity index (χ1) is 6.68. The highest BCUT2D eigenvalue weighted by atomic mass is 79.9. The number of likely N-dealkylation sites (N-methyl/N-ethyl adjacent to an activating group) is 1. The number of rotatable bonds is 2. The Kier molecular flexibility index (Phi) is 2.95. The molecule has 0 radical (unpaired) electrons. The smallest absolute Gasteiger partial charge is 0.143 e. The molecular weight excluding hydrogens is 265 g/mol. The van der Waals surface area contributed by atoms with Crippen molar-refractivity contribution < 1.29 is 0 Å². The summed E-state index contributed by atoms with van der Waals surface area (Å²) in [6.07, 6.45) is 1.67. The van der Waals surface area contributed by atoms with Crippen molar-refractivity contribution >= 4 is 33.3 Å². The molecule has 0 aliphatic carbocycles. The Labute approximate surface area is 96.6 Å². The predicted molar refractivity (Wildman–Crippen MR) is 62.0 cm³/mol. The molecule has 1 aliphatic rings. The number of anilines is 1. The summed E-state index contributed by atoms with van der Waals surface area (Å²) in [5.41, 5.74) is 0. The maximum absolute atomic E-state index is 5.83. The van der Waals surface area contributed by atoms with Crippen LogP contribution in [-0.4, -0.2) is 31.2 Å². The molecule has 3 nitrogen and oxygen atoms in total. The third-order valence-corrected chi connectivity index (χ3v) is 3.22. The van der Waals surface area contributed by atoms with Crippen molar-refractivity contribution in [1.82, 2.24) is 10.3 Å². The van der Waals surface area contributed by atoms with E-state index in [0.717, 1.165) is 23.4 Å². The fraction of sp³-hybridized carbons (Fsp3) is 0.444. The fourth-order valence-electron chi connectivity index (χ4n) is 1.39. The molecule has 0 atom stereocenters. The number of pyridine rings is 1. The van der Waals surface area contributed by atoms with Crippen LogP contribution in [0.3, 0.4) is 0 Å². The van der Waals surface area contributed by atoms with Gasteiger partial charge >= 0.3 is 0 Å². The number of nitrogens with zero attached hydrogens (tertiary/aromatic N) is 2. The zero-order valence-corrected chi connectivity index (χ0v) is 10.1. The van der Waals surface area contributed by atoms with Gasteiger partial charge in [0.2, 0.25) is 0 Å². The number of halogens is 2. The summed E-state index contributed by atoms with van der Waals surface area (Å²) in [5.74, 6) is 0.945. The van der Waals surface area contributed by atoms with Crippen LogP contribution >= 0.6 is 27.5 Å². The van der Waals surface area contributed by atoms with E-state index in [2.05, 4.69) is 31.1 Å². The van der Waals surface area contributed by atoms with E-state index in [0.29, 0.717) is 11.1 Å². The molecular formula is C9H11BrClN3. The summed E-state index contributed by atoms with van der Waals surface area (Å²) in [6, 6.07) is 2.41. The Balaban J connectivity index is 2.22. The minimum absolute atomic E-state index is 0.542. The van der Waals surface area contributed by atoms with Crippen LogP contribution in [-0.2, 0) is 0 Å². The van der Waals surface area contributed by atoms with Gasteiger partial charge < -0.3 is 10.2 Å². The second-order valence-electron chi connectivity index (χ2n) is 3.38. The second kappa shape index (κ2) is 4.04. The Morgan fingerprint density at radius 1 is 1.64 bits per heavy atom. The van der Waals surface area contributed by atoms with Crippen LogP contribution in [0.2, 0.25) is 5.02 Å². The van der Waals surface area contributed by atoms with Gasteiger partial charge in [-0.1, -0.05) is 11.6 Å². The van der Waals surface area contributed by atoms with Crippen molar-refractivity contribution in [3.8, 4) is 0 Å². The third-order valence-electron chi connectivity index (χ3n) is 2.43. The summed E-state index contributed by atoms with van der Waals surface area (Å²) in [4.78, 5) is 6.46. The Morgan fingerprint density at radius 3 is 2.86 bits per heavy atom. The Morgan fingerprint density at radius 2 is 2.36 bits per heavy atom. The Hall–Kier alpha value is -0.320. The van der Waals surface area contributed by atoms with Gasteiger partial charge in [-0.05, 0) is 22.0 Å². The van der Waals surface area contributed by atoms with Crippen LogP contribution < -0.4 is 10.2 Å². The van der Waals surface area contributed by atoms with Gasteiger partial charge in [0.05, 0.1) is 15.5 Å². The van der Waals surface area contributed by atoms with Crippen molar-refractivity contribution in [3.05, 3.63) is 21.8 Å². The van der Waals surface area contributed by atoms with E-state index in [-0.39, 0.29) is 0 Å². The lowest BCUT2D eigenvalue weighted by molar-refractivity contribution is 0.426. The van der Waals surface area contributed by atoms with Crippen molar-refractivity contribution in [2.45, 2.75) is 6.04 Å². The molecule has 1 saturated heterocycles. The maximum Gasteiger partial charge on any atom is 0.143 e. The molecule has 1 aromatic rings. The number of aromatic nitrogens is 1. The van der Waals surface area contributed by atoms with E-state index in [4.69, 9.17) is 11.6 Å². The minimum Gasteiger partial charge on any atom is -0.353 e. The standard InChI is InChI=1S/C9H11BrClN3/c1-14(7-4-12-5-7)9-8(10)2-6(11)3-13-9/h2-3,7,12H,4-5H2,1H3. The summed E-state index contributed by atoms with van der Waals surface area (Å²) < 4.78 is 0.944. The summed E-state index contributed by atoms with van der Waals surface area (Å²) in [7, 11) is 2.05. The van der Waals surface area contributed by atoms with Crippen molar-refractivity contribution in [1.29, 1.82) is 0 Å². The van der Waals surface area contributed by atoms with Crippen LogP contribution in [0, 0.1) is 0 Å². The monoisotopic (exact) mass is 275 g/mol. The molecule has 5 heteroatoms. The van der Waals surface area contributed by atoms with Crippen molar-refractivity contribution in [3.63, 3.8) is 0 Å². The number of hydrogen-bond acceptors (Lipinski definition) is 3. The average Bonchev–Trinajstić information content (AvgIpc) is 2.00. The maximum atomic E-state index is 5.83. The molecule has 0 spiro atoms. The van der Waals surface area contributed by atoms with Crippen LogP contribution in [0.15, 0.2) is 16.7 Å². The van der Waals surface area contributed by atoms with E-state index in [1.54, 1.807) is 6.20 Å². The predicted octanol–water partition coefficient (Wildman–Crippen LogP) is 1.91. The van der Waals surface area contributed by atoms with Gasteiger partial charge in [0.25, 0.3) is 0 Å². The van der Waals surface area contributed by atoms with E-state index in [1.807, 2.05) is 13.1 Å². The zero-order valence-electron chi connectivity index (χ0n) is 7.80. The van der Waals surface area contributed by atoms with Crippen LogP contribution in [0.1, 0.15) is 0 Å². The third kappa shape index (κ3) is 1.87. The molecule has 2 heterocycles. The first-order valence-electron chi connectivity index (χ1n) is 4.43. The van der Waals surface area contributed by atoms with E-state index < -0.39 is 0 Å². The number of nitrogens with one attached hydrogen (secondary N) is 1. The summed E-state index contributed by atoms with van der Waals surface area (Å²) in [5, 5.41) is 3.89. The van der Waals surface area contributed by atoms with Gasteiger partial charge in [-0.3, -0.25) is 0 Å².